The van der Waals surface area contributed by atoms with Gasteiger partial charge in [-0.1, -0.05) is 62.2 Å². The summed E-state index contributed by atoms with van der Waals surface area (Å²) in [6, 6.07) is 16.7. The molecule has 4 nitrogen and oxygen atoms in total. The molecule has 0 saturated heterocycles. The van der Waals surface area contributed by atoms with Crippen LogP contribution in [0.1, 0.15) is 36.5 Å². The van der Waals surface area contributed by atoms with Crippen LogP contribution in [0.4, 0.5) is 0 Å². The van der Waals surface area contributed by atoms with Crippen LogP contribution >= 0.6 is 0 Å². The summed E-state index contributed by atoms with van der Waals surface area (Å²) in [6.45, 7) is 2.04. The Balaban J connectivity index is 2.07. The van der Waals surface area contributed by atoms with Gasteiger partial charge in [0.25, 0.3) is 5.91 Å². The SMILES string of the molecule is CCCC[C@H](NC(=O)c1ccc(-c2ccccc2)cc1)C(=O)OC. The second kappa shape index (κ2) is 8.87. The van der Waals surface area contributed by atoms with Crippen molar-refractivity contribution < 1.29 is 14.3 Å². The number of hydrogen-bond acceptors (Lipinski definition) is 3. The van der Waals surface area contributed by atoms with E-state index in [0.717, 1.165) is 24.0 Å². The van der Waals surface area contributed by atoms with Crippen molar-refractivity contribution in [3.8, 4) is 11.1 Å². The largest absolute Gasteiger partial charge is 0.467 e. The van der Waals surface area contributed by atoms with Crippen molar-refractivity contribution in [1.82, 2.24) is 5.32 Å². The molecule has 1 amide bonds. The molecule has 0 unspecified atom stereocenters. The first-order valence-corrected chi connectivity index (χ1v) is 8.20. The molecule has 2 aromatic rings. The van der Waals surface area contributed by atoms with Gasteiger partial charge in [0.15, 0.2) is 0 Å². The van der Waals surface area contributed by atoms with Crippen LogP contribution < -0.4 is 5.32 Å². The minimum absolute atomic E-state index is 0.263. The van der Waals surface area contributed by atoms with E-state index in [0.29, 0.717) is 12.0 Å². The lowest BCUT2D eigenvalue weighted by atomic mass is 10.0. The summed E-state index contributed by atoms with van der Waals surface area (Å²) in [5.41, 5.74) is 2.67. The Kier molecular flexibility index (Phi) is 6.55. The number of rotatable bonds is 7. The van der Waals surface area contributed by atoms with Gasteiger partial charge >= 0.3 is 5.97 Å². The molecule has 24 heavy (non-hydrogen) atoms. The van der Waals surface area contributed by atoms with Gasteiger partial charge in [-0.2, -0.15) is 0 Å². The first kappa shape index (κ1) is 17.7. The Morgan fingerprint density at radius 2 is 1.62 bits per heavy atom. The van der Waals surface area contributed by atoms with E-state index in [2.05, 4.69) is 5.32 Å². The van der Waals surface area contributed by atoms with Crippen molar-refractivity contribution in [3.05, 3.63) is 60.2 Å². The maximum atomic E-state index is 12.4. The van der Waals surface area contributed by atoms with Crippen LogP contribution in [-0.4, -0.2) is 25.0 Å². The molecule has 0 fully saturated rings. The third kappa shape index (κ3) is 4.69. The number of benzene rings is 2. The second-order valence-corrected chi connectivity index (χ2v) is 5.63. The predicted molar refractivity (Wildman–Crippen MR) is 94.7 cm³/mol. The number of nitrogens with one attached hydrogen (secondary N) is 1. The molecule has 0 bridgehead atoms. The van der Waals surface area contributed by atoms with E-state index in [1.807, 2.05) is 49.4 Å². The number of amides is 1. The Morgan fingerprint density at radius 3 is 2.21 bits per heavy atom. The summed E-state index contributed by atoms with van der Waals surface area (Å²) < 4.78 is 4.77. The van der Waals surface area contributed by atoms with Gasteiger partial charge in [-0.3, -0.25) is 4.79 Å². The first-order chi connectivity index (χ1) is 11.7. The van der Waals surface area contributed by atoms with Crippen LogP contribution in [0, 0.1) is 0 Å². The number of hydrogen-bond donors (Lipinski definition) is 1. The third-order valence-electron chi connectivity index (χ3n) is 3.89. The van der Waals surface area contributed by atoms with Gasteiger partial charge in [-0.25, -0.2) is 4.79 Å². The van der Waals surface area contributed by atoms with Gasteiger partial charge < -0.3 is 10.1 Å². The summed E-state index contributed by atoms with van der Waals surface area (Å²) in [6.07, 6.45) is 2.39. The van der Waals surface area contributed by atoms with E-state index >= 15 is 0 Å². The van der Waals surface area contributed by atoms with E-state index in [1.165, 1.54) is 7.11 Å². The average Bonchev–Trinajstić information content (AvgIpc) is 2.65. The Labute approximate surface area is 142 Å². The molecule has 0 spiro atoms. The lowest BCUT2D eigenvalue weighted by Gasteiger charge is -2.16. The van der Waals surface area contributed by atoms with Crippen LogP contribution in [-0.2, 0) is 9.53 Å². The van der Waals surface area contributed by atoms with Gasteiger partial charge in [0, 0.05) is 5.56 Å². The van der Waals surface area contributed by atoms with Crippen molar-refractivity contribution in [1.29, 1.82) is 0 Å². The van der Waals surface area contributed by atoms with Crippen LogP contribution in [0.5, 0.6) is 0 Å². The predicted octanol–water partition coefficient (Wildman–Crippen LogP) is 3.82. The van der Waals surface area contributed by atoms with Gasteiger partial charge in [0.1, 0.15) is 6.04 Å². The van der Waals surface area contributed by atoms with Crippen LogP contribution in [0.2, 0.25) is 0 Å². The Hall–Kier alpha value is -2.62. The second-order valence-electron chi connectivity index (χ2n) is 5.63. The lowest BCUT2D eigenvalue weighted by molar-refractivity contribution is -0.143. The Morgan fingerprint density at radius 1 is 1.00 bits per heavy atom. The molecule has 2 aromatic carbocycles. The standard InChI is InChI=1S/C20H23NO3/c1-3-4-10-18(20(23)24-2)21-19(22)17-13-11-16(12-14-17)15-8-6-5-7-9-15/h5-9,11-14,18H,3-4,10H2,1-2H3,(H,21,22)/t18-/m0/s1. The van der Waals surface area contributed by atoms with Crippen LogP contribution in [0.15, 0.2) is 54.6 Å². The normalized spacial score (nSPS) is 11.6. The highest BCUT2D eigenvalue weighted by Crippen LogP contribution is 2.19. The average molecular weight is 325 g/mol. The van der Waals surface area contributed by atoms with Crippen LogP contribution in [0.3, 0.4) is 0 Å². The van der Waals surface area contributed by atoms with Crippen molar-refractivity contribution in [3.63, 3.8) is 0 Å². The summed E-state index contributed by atoms with van der Waals surface area (Å²) >= 11 is 0. The van der Waals surface area contributed by atoms with E-state index < -0.39 is 12.0 Å². The zero-order valence-corrected chi connectivity index (χ0v) is 14.1. The fourth-order valence-electron chi connectivity index (χ4n) is 2.49. The highest BCUT2D eigenvalue weighted by atomic mass is 16.5. The monoisotopic (exact) mass is 325 g/mol. The maximum absolute atomic E-state index is 12.4. The molecular formula is C20H23NO3. The molecule has 4 heteroatoms. The van der Waals surface area contributed by atoms with Crippen molar-refractivity contribution in [2.45, 2.75) is 32.2 Å². The molecule has 0 aliphatic carbocycles. The molecule has 1 N–H and O–H groups in total. The molecule has 0 aliphatic heterocycles. The number of carbonyl (C=O) groups excluding carboxylic acids is 2. The summed E-state index contributed by atoms with van der Waals surface area (Å²) in [5.74, 6) is -0.668. The summed E-state index contributed by atoms with van der Waals surface area (Å²) in [7, 11) is 1.34. The number of esters is 1. The van der Waals surface area contributed by atoms with Gasteiger partial charge in [-0.05, 0) is 29.7 Å². The number of carbonyl (C=O) groups is 2. The number of ether oxygens (including phenoxy) is 1. The molecule has 1 atom stereocenters. The fourth-order valence-corrected chi connectivity index (χ4v) is 2.49. The first-order valence-electron chi connectivity index (χ1n) is 8.20. The van der Waals surface area contributed by atoms with E-state index in [4.69, 9.17) is 4.74 Å². The summed E-state index contributed by atoms with van der Waals surface area (Å²) in [5, 5.41) is 2.76. The number of unbranched alkanes of at least 4 members (excludes halogenated alkanes) is 1. The summed E-state index contributed by atoms with van der Waals surface area (Å²) in [4.78, 5) is 24.2. The van der Waals surface area contributed by atoms with Crippen molar-refractivity contribution in [2.24, 2.45) is 0 Å². The maximum Gasteiger partial charge on any atom is 0.328 e. The molecule has 2 rings (SSSR count). The topological polar surface area (TPSA) is 55.4 Å². The van der Waals surface area contributed by atoms with E-state index in [1.54, 1.807) is 12.1 Å². The fraction of sp³-hybridized carbons (Fsp3) is 0.300. The van der Waals surface area contributed by atoms with Crippen molar-refractivity contribution >= 4 is 11.9 Å². The zero-order chi connectivity index (χ0) is 17.4. The highest BCUT2D eigenvalue weighted by Gasteiger charge is 2.21. The lowest BCUT2D eigenvalue weighted by Crippen LogP contribution is -2.41. The smallest absolute Gasteiger partial charge is 0.328 e. The van der Waals surface area contributed by atoms with Crippen molar-refractivity contribution in [2.75, 3.05) is 7.11 Å². The number of methoxy groups -OCH3 is 1. The minimum atomic E-state index is -0.601. The highest BCUT2D eigenvalue weighted by molar-refractivity contribution is 5.97. The van der Waals surface area contributed by atoms with Crippen LogP contribution in [0.25, 0.3) is 11.1 Å². The zero-order valence-electron chi connectivity index (χ0n) is 14.1. The quantitative estimate of drug-likeness (QED) is 0.788. The Bertz CT molecular complexity index is 665. The molecule has 0 aliphatic rings. The molecule has 0 radical (unpaired) electrons. The molecule has 0 saturated carbocycles. The third-order valence-corrected chi connectivity index (χ3v) is 3.89. The van der Waals surface area contributed by atoms with E-state index in [-0.39, 0.29) is 5.91 Å². The molecule has 0 heterocycles. The van der Waals surface area contributed by atoms with Gasteiger partial charge in [-0.15, -0.1) is 0 Å². The van der Waals surface area contributed by atoms with Gasteiger partial charge in [0.05, 0.1) is 7.11 Å². The molecule has 0 aromatic heterocycles. The van der Waals surface area contributed by atoms with Gasteiger partial charge in [0.2, 0.25) is 0 Å². The molecule has 126 valence electrons. The molecular weight excluding hydrogens is 302 g/mol. The minimum Gasteiger partial charge on any atom is -0.467 e. The van der Waals surface area contributed by atoms with E-state index in [9.17, 15) is 9.59 Å².